The van der Waals surface area contributed by atoms with Crippen LogP contribution in [0.15, 0.2) is 34.9 Å². The van der Waals surface area contributed by atoms with E-state index >= 15 is 0 Å². The van der Waals surface area contributed by atoms with Gasteiger partial charge in [0, 0.05) is 18.8 Å². The quantitative estimate of drug-likeness (QED) is 0.919. The van der Waals surface area contributed by atoms with Crippen LogP contribution in [-0.2, 0) is 0 Å². The summed E-state index contributed by atoms with van der Waals surface area (Å²) in [7, 11) is 1.77. The second kappa shape index (κ2) is 4.57. The summed E-state index contributed by atoms with van der Waals surface area (Å²) in [5, 5.41) is 2.91. The van der Waals surface area contributed by atoms with Gasteiger partial charge >= 0.3 is 0 Å². The number of nitrogens with zero attached hydrogens (tertiary/aromatic N) is 2. The highest BCUT2D eigenvalue weighted by Crippen LogP contribution is 2.22. The van der Waals surface area contributed by atoms with Crippen molar-refractivity contribution >= 4 is 21.7 Å². The van der Waals surface area contributed by atoms with E-state index in [4.69, 9.17) is 0 Å². The number of rotatable bonds is 2. The number of aromatic nitrogens is 2. The molecule has 82 valence electrons. The fourth-order valence-corrected chi connectivity index (χ4v) is 1.52. The van der Waals surface area contributed by atoms with Crippen molar-refractivity contribution in [2.75, 3.05) is 12.4 Å². The van der Waals surface area contributed by atoms with Crippen molar-refractivity contribution in [2.45, 2.75) is 0 Å². The molecule has 0 saturated heterocycles. The molecule has 0 aliphatic heterocycles. The van der Waals surface area contributed by atoms with Crippen LogP contribution in [0.5, 0.6) is 0 Å². The van der Waals surface area contributed by atoms with E-state index in [1.807, 2.05) is 0 Å². The number of hydrogen-bond donors (Lipinski definition) is 1. The SMILES string of the molecule is CNc1ccnc(-c2ccc(Br)c(F)c2)n1. The van der Waals surface area contributed by atoms with Crippen molar-refractivity contribution < 1.29 is 4.39 Å². The molecule has 0 atom stereocenters. The largest absolute Gasteiger partial charge is 0.373 e. The molecule has 0 spiro atoms. The van der Waals surface area contributed by atoms with Crippen molar-refractivity contribution in [3.05, 3.63) is 40.8 Å². The average molecular weight is 282 g/mol. The molecule has 0 aliphatic carbocycles. The van der Waals surface area contributed by atoms with E-state index in [-0.39, 0.29) is 5.82 Å². The molecule has 0 amide bonds. The summed E-state index contributed by atoms with van der Waals surface area (Å²) in [5.41, 5.74) is 0.651. The molecule has 2 aromatic rings. The Bertz CT molecular complexity index is 516. The Kier molecular flexibility index (Phi) is 3.14. The van der Waals surface area contributed by atoms with E-state index in [1.54, 1.807) is 31.4 Å². The number of benzene rings is 1. The van der Waals surface area contributed by atoms with Gasteiger partial charge in [-0.2, -0.15) is 0 Å². The normalized spacial score (nSPS) is 10.2. The molecule has 0 unspecified atom stereocenters. The number of nitrogens with one attached hydrogen (secondary N) is 1. The maximum atomic E-state index is 13.3. The Balaban J connectivity index is 2.46. The Labute approximate surface area is 101 Å². The second-order valence-electron chi connectivity index (χ2n) is 3.14. The van der Waals surface area contributed by atoms with Gasteiger partial charge < -0.3 is 5.32 Å². The van der Waals surface area contributed by atoms with E-state index in [0.717, 1.165) is 0 Å². The van der Waals surface area contributed by atoms with Crippen molar-refractivity contribution in [2.24, 2.45) is 0 Å². The topological polar surface area (TPSA) is 37.8 Å². The van der Waals surface area contributed by atoms with Crippen LogP contribution in [0.25, 0.3) is 11.4 Å². The lowest BCUT2D eigenvalue weighted by Crippen LogP contribution is -1.96. The molecule has 1 aromatic carbocycles. The minimum Gasteiger partial charge on any atom is -0.373 e. The van der Waals surface area contributed by atoms with Crippen molar-refractivity contribution in [3.63, 3.8) is 0 Å². The van der Waals surface area contributed by atoms with Gasteiger partial charge in [0.25, 0.3) is 0 Å². The third kappa shape index (κ3) is 2.19. The second-order valence-corrected chi connectivity index (χ2v) is 4.00. The van der Waals surface area contributed by atoms with Crippen LogP contribution in [-0.4, -0.2) is 17.0 Å². The van der Waals surface area contributed by atoms with Crippen LogP contribution < -0.4 is 5.32 Å². The highest BCUT2D eigenvalue weighted by Gasteiger charge is 2.05. The van der Waals surface area contributed by atoms with Crippen LogP contribution in [0.2, 0.25) is 0 Å². The smallest absolute Gasteiger partial charge is 0.161 e. The lowest BCUT2D eigenvalue weighted by Gasteiger charge is -2.03. The number of hydrogen-bond acceptors (Lipinski definition) is 3. The van der Waals surface area contributed by atoms with E-state index in [9.17, 15) is 4.39 Å². The first-order valence-corrected chi connectivity index (χ1v) is 5.46. The predicted molar refractivity (Wildman–Crippen MR) is 64.7 cm³/mol. The molecule has 3 nitrogen and oxygen atoms in total. The molecule has 0 saturated carbocycles. The summed E-state index contributed by atoms with van der Waals surface area (Å²) in [6.07, 6.45) is 1.63. The monoisotopic (exact) mass is 281 g/mol. The van der Waals surface area contributed by atoms with Gasteiger partial charge in [0.2, 0.25) is 0 Å². The zero-order valence-corrected chi connectivity index (χ0v) is 10.1. The molecule has 1 aromatic heterocycles. The standard InChI is InChI=1S/C11H9BrFN3/c1-14-10-4-5-15-11(16-10)7-2-3-8(12)9(13)6-7/h2-6H,1H3,(H,14,15,16). The van der Waals surface area contributed by atoms with Gasteiger partial charge in [-0.05, 0) is 40.2 Å². The lowest BCUT2D eigenvalue weighted by atomic mass is 10.2. The Hall–Kier alpha value is -1.49. The zero-order valence-electron chi connectivity index (χ0n) is 8.54. The summed E-state index contributed by atoms with van der Waals surface area (Å²) in [4.78, 5) is 8.32. The maximum Gasteiger partial charge on any atom is 0.161 e. The summed E-state index contributed by atoms with van der Waals surface area (Å²) in [6.45, 7) is 0. The molecule has 1 N–H and O–H groups in total. The van der Waals surface area contributed by atoms with Crippen LogP contribution >= 0.6 is 15.9 Å². The van der Waals surface area contributed by atoms with Crippen molar-refractivity contribution in [1.82, 2.24) is 9.97 Å². The van der Waals surface area contributed by atoms with Gasteiger partial charge in [-0.25, -0.2) is 14.4 Å². The molecular weight excluding hydrogens is 273 g/mol. The molecule has 2 rings (SSSR count). The van der Waals surface area contributed by atoms with Gasteiger partial charge in [-0.1, -0.05) is 0 Å². The van der Waals surface area contributed by atoms with Gasteiger partial charge in [0.1, 0.15) is 11.6 Å². The van der Waals surface area contributed by atoms with Gasteiger partial charge in [0.05, 0.1) is 4.47 Å². The predicted octanol–water partition coefficient (Wildman–Crippen LogP) is 3.09. The fourth-order valence-electron chi connectivity index (χ4n) is 1.27. The molecule has 16 heavy (non-hydrogen) atoms. The van der Waals surface area contributed by atoms with E-state index in [1.165, 1.54) is 6.07 Å². The van der Waals surface area contributed by atoms with Crippen LogP contribution in [0, 0.1) is 5.82 Å². The van der Waals surface area contributed by atoms with Gasteiger partial charge in [-0.15, -0.1) is 0 Å². The van der Waals surface area contributed by atoms with E-state index < -0.39 is 0 Å². The van der Waals surface area contributed by atoms with Crippen molar-refractivity contribution in [3.8, 4) is 11.4 Å². The molecular formula is C11H9BrFN3. The third-order valence-corrected chi connectivity index (χ3v) is 2.73. The first kappa shape index (κ1) is 11.0. The molecule has 0 fully saturated rings. The zero-order chi connectivity index (χ0) is 11.5. The highest BCUT2D eigenvalue weighted by molar-refractivity contribution is 9.10. The fraction of sp³-hybridized carbons (Fsp3) is 0.0909. The third-order valence-electron chi connectivity index (χ3n) is 2.09. The van der Waals surface area contributed by atoms with Crippen LogP contribution in [0.1, 0.15) is 0 Å². The lowest BCUT2D eigenvalue weighted by molar-refractivity contribution is 0.621. The first-order valence-electron chi connectivity index (χ1n) is 4.67. The summed E-state index contributed by atoms with van der Waals surface area (Å²) < 4.78 is 13.8. The van der Waals surface area contributed by atoms with E-state index in [2.05, 4.69) is 31.2 Å². The summed E-state index contributed by atoms with van der Waals surface area (Å²) >= 11 is 3.10. The minimum atomic E-state index is -0.323. The molecule has 1 heterocycles. The van der Waals surface area contributed by atoms with Gasteiger partial charge in [-0.3, -0.25) is 0 Å². The molecule has 0 aliphatic rings. The maximum absolute atomic E-state index is 13.3. The Morgan fingerprint density at radius 2 is 2.12 bits per heavy atom. The summed E-state index contributed by atoms with van der Waals surface area (Å²) in [6, 6.07) is 6.56. The molecule has 0 radical (unpaired) electrons. The Morgan fingerprint density at radius 3 is 2.81 bits per heavy atom. The van der Waals surface area contributed by atoms with Crippen LogP contribution in [0.3, 0.4) is 0 Å². The van der Waals surface area contributed by atoms with Crippen molar-refractivity contribution in [1.29, 1.82) is 0 Å². The van der Waals surface area contributed by atoms with Gasteiger partial charge in [0.15, 0.2) is 5.82 Å². The first-order chi connectivity index (χ1) is 7.70. The number of halogens is 2. The Morgan fingerprint density at radius 1 is 1.31 bits per heavy atom. The van der Waals surface area contributed by atoms with Crippen LogP contribution in [0.4, 0.5) is 10.2 Å². The molecule has 5 heteroatoms. The number of anilines is 1. The highest BCUT2D eigenvalue weighted by atomic mass is 79.9. The van der Waals surface area contributed by atoms with E-state index in [0.29, 0.717) is 21.7 Å². The minimum absolute atomic E-state index is 0.323. The molecule has 0 bridgehead atoms. The average Bonchev–Trinajstić information content (AvgIpc) is 2.33. The summed E-state index contributed by atoms with van der Waals surface area (Å²) in [5.74, 6) is 0.877.